The quantitative estimate of drug-likeness (QED) is 0.897. The van der Waals surface area contributed by atoms with Gasteiger partial charge in [-0.15, -0.1) is 0 Å². The van der Waals surface area contributed by atoms with Crippen molar-refractivity contribution < 1.29 is 9.18 Å². The summed E-state index contributed by atoms with van der Waals surface area (Å²) in [5.41, 5.74) is 3.74. The first-order valence-corrected chi connectivity index (χ1v) is 8.04. The average Bonchev–Trinajstić information content (AvgIpc) is 2.55. The fourth-order valence-corrected chi connectivity index (χ4v) is 2.80. The predicted molar refractivity (Wildman–Crippen MR) is 93.2 cm³/mol. The van der Waals surface area contributed by atoms with E-state index in [2.05, 4.69) is 10.3 Å². The number of hydrogen-bond acceptors (Lipinski definition) is 2. The molecule has 1 aromatic carbocycles. The van der Waals surface area contributed by atoms with Gasteiger partial charge in [-0.3, -0.25) is 4.98 Å². The molecule has 0 atom stereocenters. The van der Waals surface area contributed by atoms with Gasteiger partial charge in [0, 0.05) is 30.7 Å². The van der Waals surface area contributed by atoms with Crippen molar-refractivity contribution in [3.63, 3.8) is 0 Å². The lowest BCUT2D eigenvalue weighted by Crippen LogP contribution is -2.39. The van der Waals surface area contributed by atoms with Crippen molar-refractivity contribution in [3.8, 4) is 0 Å². The Kier molecular flexibility index (Phi) is 4.89. The highest BCUT2D eigenvalue weighted by Crippen LogP contribution is 2.20. The molecular formula is C19H20FN3O. The molecule has 3 rings (SSSR count). The lowest BCUT2D eigenvalue weighted by Gasteiger charge is -2.28. The normalized spacial score (nSPS) is 14.4. The molecule has 2 amide bonds. The summed E-state index contributed by atoms with van der Waals surface area (Å²) in [7, 11) is 0. The van der Waals surface area contributed by atoms with Crippen LogP contribution in [0.2, 0.25) is 0 Å². The highest BCUT2D eigenvalue weighted by molar-refractivity contribution is 5.89. The summed E-state index contributed by atoms with van der Waals surface area (Å²) in [6.07, 6.45) is 5.31. The van der Waals surface area contributed by atoms with Crippen LogP contribution < -0.4 is 5.32 Å². The molecule has 5 heteroatoms. The molecule has 0 radical (unpaired) electrons. The molecule has 1 saturated heterocycles. The zero-order valence-electron chi connectivity index (χ0n) is 13.6. The number of hydrogen-bond donors (Lipinski definition) is 1. The summed E-state index contributed by atoms with van der Waals surface area (Å²) in [6.45, 7) is 3.22. The number of amides is 2. The van der Waals surface area contributed by atoms with Crippen LogP contribution in [-0.4, -0.2) is 29.0 Å². The van der Waals surface area contributed by atoms with Crippen LogP contribution in [0.25, 0.3) is 6.08 Å². The zero-order valence-corrected chi connectivity index (χ0v) is 13.6. The molecule has 2 aromatic rings. The van der Waals surface area contributed by atoms with Crippen molar-refractivity contribution in [1.29, 1.82) is 0 Å². The number of carbonyl (C=O) groups excluding carboxylic acids is 1. The van der Waals surface area contributed by atoms with E-state index in [0.717, 1.165) is 29.8 Å². The first-order valence-electron chi connectivity index (χ1n) is 8.04. The van der Waals surface area contributed by atoms with Gasteiger partial charge in [0.25, 0.3) is 0 Å². The molecule has 0 saturated carbocycles. The number of rotatable bonds is 2. The molecule has 24 heavy (non-hydrogen) atoms. The van der Waals surface area contributed by atoms with Crippen LogP contribution >= 0.6 is 0 Å². The number of aromatic nitrogens is 1. The average molecular weight is 325 g/mol. The van der Waals surface area contributed by atoms with E-state index < -0.39 is 0 Å². The SMILES string of the molecule is Cc1cc(NC(=O)N2CCC(=Cc3cccc(F)c3)CC2)ccn1. The van der Waals surface area contributed by atoms with Gasteiger partial charge >= 0.3 is 6.03 Å². The molecule has 1 fully saturated rings. The van der Waals surface area contributed by atoms with E-state index in [4.69, 9.17) is 0 Å². The van der Waals surface area contributed by atoms with Gasteiger partial charge in [0.2, 0.25) is 0 Å². The number of pyridine rings is 1. The van der Waals surface area contributed by atoms with E-state index in [-0.39, 0.29) is 11.8 Å². The van der Waals surface area contributed by atoms with Crippen molar-refractivity contribution in [2.45, 2.75) is 19.8 Å². The van der Waals surface area contributed by atoms with E-state index >= 15 is 0 Å². The maximum atomic E-state index is 13.2. The molecule has 4 nitrogen and oxygen atoms in total. The fourth-order valence-electron chi connectivity index (χ4n) is 2.80. The molecule has 1 N–H and O–H groups in total. The molecule has 1 aliphatic heterocycles. The van der Waals surface area contributed by atoms with Crippen molar-refractivity contribution in [1.82, 2.24) is 9.88 Å². The molecule has 1 aliphatic rings. The maximum Gasteiger partial charge on any atom is 0.321 e. The first kappa shape index (κ1) is 16.2. The Hall–Kier alpha value is -2.69. The van der Waals surface area contributed by atoms with E-state index in [1.165, 1.54) is 17.7 Å². The summed E-state index contributed by atoms with van der Waals surface area (Å²) in [4.78, 5) is 18.2. The zero-order chi connectivity index (χ0) is 16.9. The Balaban J connectivity index is 1.57. The van der Waals surface area contributed by atoms with E-state index in [1.54, 1.807) is 23.2 Å². The molecule has 0 spiro atoms. The van der Waals surface area contributed by atoms with Gasteiger partial charge in [0.15, 0.2) is 0 Å². The second kappa shape index (κ2) is 7.25. The summed E-state index contributed by atoms with van der Waals surface area (Å²) < 4.78 is 13.2. The summed E-state index contributed by atoms with van der Waals surface area (Å²) in [5.74, 6) is -0.228. The molecule has 2 heterocycles. The standard InChI is InChI=1S/C19H20FN3O/c1-14-11-18(5-8-21-14)22-19(24)23-9-6-15(7-10-23)12-16-3-2-4-17(20)13-16/h2-5,8,11-13H,6-7,9-10H2,1H3,(H,21,22,24). The highest BCUT2D eigenvalue weighted by Gasteiger charge is 2.19. The van der Waals surface area contributed by atoms with Crippen molar-refractivity contribution in [3.05, 3.63) is 65.2 Å². The van der Waals surface area contributed by atoms with Crippen molar-refractivity contribution in [2.75, 3.05) is 18.4 Å². The molecule has 1 aromatic heterocycles. The summed E-state index contributed by atoms with van der Waals surface area (Å²) in [6, 6.07) is 10.1. The second-order valence-corrected chi connectivity index (χ2v) is 5.96. The number of benzene rings is 1. The molecule has 124 valence electrons. The summed E-state index contributed by atoms with van der Waals surface area (Å²) >= 11 is 0. The van der Waals surface area contributed by atoms with Gasteiger partial charge in [0.05, 0.1) is 0 Å². The lowest BCUT2D eigenvalue weighted by atomic mass is 10.0. The third-order valence-electron chi connectivity index (χ3n) is 4.06. The van der Waals surface area contributed by atoms with Gasteiger partial charge in [-0.2, -0.15) is 0 Å². The minimum atomic E-state index is -0.228. The third-order valence-corrected chi connectivity index (χ3v) is 4.06. The summed E-state index contributed by atoms with van der Waals surface area (Å²) in [5, 5.41) is 2.90. The fraction of sp³-hybridized carbons (Fsp3) is 0.263. The number of piperidine rings is 1. The van der Waals surface area contributed by atoms with Crippen LogP contribution in [0.5, 0.6) is 0 Å². The van der Waals surface area contributed by atoms with Crippen LogP contribution in [-0.2, 0) is 0 Å². The van der Waals surface area contributed by atoms with Crippen molar-refractivity contribution >= 4 is 17.8 Å². The van der Waals surface area contributed by atoms with Crippen LogP contribution in [0.3, 0.4) is 0 Å². The van der Waals surface area contributed by atoms with Crippen LogP contribution in [0.1, 0.15) is 24.1 Å². The second-order valence-electron chi connectivity index (χ2n) is 5.96. The number of aryl methyl sites for hydroxylation is 1. The van der Waals surface area contributed by atoms with Gasteiger partial charge in [-0.1, -0.05) is 23.8 Å². The Morgan fingerprint density at radius 1 is 1.25 bits per heavy atom. The largest absolute Gasteiger partial charge is 0.324 e. The Morgan fingerprint density at radius 3 is 2.75 bits per heavy atom. The Labute approximate surface area is 141 Å². The number of nitrogens with one attached hydrogen (secondary N) is 1. The molecule has 0 bridgehead atoms. The van der Waals surface area contributed by atoms with Gasteiger partial charge in [-0.25, -0.2) is 9.18 Å². The van der Waals surface area contributed by atoms with E-state index in [0.29, 0.717) is 13.1 Å². The van der Waals surface area contributed by atoms with E-state index in [9.17, 15) is 9.18 Å². The minimum Gasteiger partial charge on any atom is -0.324 e. The van der Waals surface area contributed by atoms with E-state index in [1.807, 2.05) is 25.1 Å². The first-order chi connectivity index (χ1) is 11.6. The number of halogens is 1. The Morgan fingerprint density at radius 2 is 2.04 bits per heavy atom. The predicted octanol–water partition coefficient (Wildman–Crippen LogP) is 4.24. The van der Waals surface area contributed by atoms with Gasteiger partial charge in [0.1, 0.15) is 5.82 Å². The van der Waals surface area contributed by atoms with Gasteiger partial charge in [-0.05, 0) is 49.6 Å². The molecular weight excluding hydrogens is 305 g/mol. The Bertz CT molecular complexity index is 763. The number of likely N-dealkylation sites (tertiary alicyclic amines) is 1. The number of urea groups is 1. The molecule has 0 aliphatic carbocycles. The van der Waals surface area contributed by atoms with Crippen LogP contribution in [0.15, 0.2) is 48.2 Å². The van der Waals surface area contributed by atoms with Crippen LogP contribution in [0, 0.1) is 12.7 Å². The topological polar surface area (TPSA) is 45.2 Å². The van der Waals surface area contributed by atoms with Crippen LogP contribution in [0.4, 0.5) is 14.9 Å². The van der Waals surface area contributed by atoms with Gasteiger partial charge < -0.3 is 10.2 Å². The smallest absolute Gasteiger partial charge is 0.321 e. The molecule has 0 unspecified atom stereocenters. The number of anilines is 1. The minimum absolute atomic E-state index is 0.0922. The monoisotopic (exact) mass is 325 g/mol. The maximum absolute atomic E-state index is 13.2. The third kappa shape index (κ3) is 4.19. The van der Waals surface area contributed by atoms with Crippen molar-refractivity contribution in [2.24, 2.45) is 0 Å². The lowest BCUT2D eigenvalue weighted by molar-refractivity contribution is 0.208. The highest BCUT2D eigenvalue weighted by atomic mass is 19.1. The number of carbonyl (C=O) groups is 1. The number of nitrogens with zero attached hydrogens (tertiary/aromatic N) is 2.